The van der Waals surface area contributed by atoms with Crippen molar-refractivity contribution in [3.63, 3.8) is 0 Å². The Morgan fingerprint density at radius 3 is 2.07 bits per heavy atom. The number of hydrogen-bond acceptors (Lipinski definition) is 4. The number of methoxy groups -OCH3 is 1. The summed E-state index contributed by atoms with van der Waals surface area (Å²) in [6, 6.07) is 1.69. The largest absolute Gasteiger partial charge is 0.504 e. The van der Waals surface area contributed by atoms with E-state index >= 15 is 0 Å². The first-order valence-corrected chi connectivity index (χ1v) is 6.44. The highest BCUT2D eigenvalue weighted by atomic mass is 28.3. The van der Waals surface area contributed by atoms with E-state index in [9.17, 15) is 9.59 Å². The molecule has 0 aromatic rings. The molecule has 0 unspecified atom stereocenters. The van der Waals surface area contributed by atoms with E-state index in [4.69, 9.17) is 4.43 Å². The van der Waals surface area contributed by atoms with Crippen LogP contribution in [0.25, 0.3) is 0 Å². The molecule has 7 heteroatoms. The highest BCUT2D eigenvalue weighted by molar-refractivity contribution is 6.53. The zero-order valence-electron chi connectivity index (χ0n) is 8.52. The molecule has 0 aliphatic rings. The van der Waals surface area contributed by atoms with Crippen LogP contribution in [0.4, 0.5) is 9.59 Å². The van der Waals surface area contributed by atoms with Gasteiger partial charge in [0.2, 0.25) is 9.04 Å². The Hall–Kier alpha value is -1.24. The van der Waals surface area contributed by atoms with Gasteiger partial charge in [-0.15, -0.1) is 0 Å². The van der Waals surface area contributed by atoms with E-state index in [1.54, 1.807) is 0 Å². The zero-order chi connectivity index (χ0) is 11.0. The SMILES string of the molecule is CC[SiH](CC)OC(=O)N=NC(=O)OC. The lowest BCUT2D eigenvalue weighted by Gasteiger charge is -2.08. The van der Waals surface area contributed by atoms with Gasteiger partial charge >= 0.3 is 12.2 Å². The fourth-order valence-corrected chi connectivity index (χ4v) is 1.99. The Morgan fingerprint density at radius 2 is 1.64 bits per heavy atom. The Morgan fingerprint density at radius 1 is 1.14 bits per heavy atom. The molecule has 0 bridgehead atoms. The second-order valence-corrected chi connectivity index (χ2v) is 5.61. The maximum atomic E-state index is 10.9. The highest BCUT2D eigenvalue weighted by Gasteiger charge is 2.12. The molecule has 0 saturated carbocycles. The van der Waals surface area contributed by atoms with Crippen LogP contribution in [0.15, 0.2) is 10.2 Å². The zero-order valence-corrected chi connectivity index (χ0v) is 9.67. The van der Waals surface area contributed by atoms with Gasteiger partial charge < -0.3 is 9.16 Å². The van der Waals surface area contributed by atoms with Crippen LogP contribution in [0, 0.1) is 0 Å². The molecule has 0 aromatic heterocycles. The molecular weight excluding hydrogens is 204 g/mol. The molecule has 0 N–H and O–H groups in total. The smallest absolute Gasteiger partial charge is 0.452 e. The molecule has 14 heavy (non-hydrogen) atoms. The lowest BCUT2D eigenvalue weighted by atomic mass is 10.9. The summed E-state index contributed by atoms with van der Waals surface area (Å²) in [7, 11) is -0.322. The number of amides is 2. The normalized spacial score (nSPS) is 10.6. The average molecular weight is 218 g/mol. The number of nitrogens with zero attached hydrogens (tertiary/aromatic N) is 2. The minimum Gasteiger partial charge on any atom is -0.504 e. The molecule has 0 fully saturated rings. The first-order valence-electron chi connectivity index (χ1n) is 4.34. The summed E-state index contributed by atoms with van der Waals surface area (Å²) in [5.74, 6) is 0. The Kier molecular flexibility index (Phi) is 6.55. The summed E-state index contributed by atoms with van der Waals surface area (Å²) in [5.41, 5.74) is 0. The number of hydrogen-bond donors (Lipinski definition) is 0. The Balaban J connectivity index is 3.97. The molecule has 0 rings (SSSR count). The van der Waals surface area contributed by atoms with Crippen LogP contribution in [0.5, 0.6) is 0 Å². The number of ether oxygens (including phenoxy) is 1. The van der Waals surface area contributed by atoms with Crippen molar-refractivity contribution in [2.45, 2.75) is 25.9 Å². The van der Waals surface area contributed by atoms with Gasteiger partial charge in [-0.25, -0.2) is 9.59 Å². The standard InChI is InChI=1S/C7H14N2O4Si/c1-4-14(5-2)13-7(11)9-8-6(10)12-3/h14H,4-5H2,1-3H3. The van der Waals surface area contributed by atoms with Gasteiger partial charge in [0, 0.05) is 0 Å². The van der Waals surface area contributed by atoms with Crippen LogP contribution in [0.3, 0.4) is 0 Å². The minimum absolute atomic E-state index is 0.809. The van der Waals surface area contributed by atoms with Crippen molar-refractivity contribution in [1.82, 2.24) is 0 Å². The Bertz CT molecular complexity index is 228. The third kappa shape index (κ3) is 5.41. The van der Waals surface area contributed by atoms with E-state index in [-0.39, 0.29) is 0 Å². The fourth-order valence-electron chi connectivity index (χ4n) is 0.744. The molecule has 80 valence electrons. The molecule has 6 nitrogen and oxygen atoms in total. The predicted octanol–water partition coefficient (Wildman–Crippen LogP) is 2.11. The molecule has 0 heterocycles. The van der Waals surface area contributed by atoms with Gasteiger partial charge in [0.05, 0.1) is 7.11 Å². The average Bonchev–Trinajstić information content (AvgIpc) is 2.22. The van der Waals surface area contributed by atoms with Crippen LogP contribution < -0.4 is 0 Å². The molecule has 0 aromatic carbocycles. The van der Waals surface area contributed by atoms with E-state index in [2.05, 4.69) is 15.0 Å². The molecule has 0 saturated heterocycles. The molecule has 0 spiro atoms. The summed E-state index contributed by atoms with van der Waals surface area (Å²) >= 11 is 0. The summed E-state index contributed by atoms with van der Waals surface area (Å²) in [5, 5.41) is 6.03. The quantitative estimate of drug-likeness (QED) is 0.537. The van der Waals surface area contributed by atoms with E-state index in [0.29, 0.717) is 0 Å². The first-order chi connectivity index (χ1) is 6.63. The summed E-state index contributed by atoms with van der Waals surface area (Å²) in [6.45, 7) is 3.90. The minimum atomic E-state index is -1.48. The molecular formula is C7H14N2O4Si. The van der Waals surface area contributed by atoms with Gasteiger partial charge in [-0.2, -0.15) is 0 Å². The maximum absolute atomic E-state index is 10.9. The third-order valence-corrected chi connectivity index (χ3v) is 3.92. The lowest BCUT2D eigenvalue weighted by Crippen LogP contribution is -2.18. The first kappa shape index (κ1) is 12.8. The van der Waals surface area contributed by atoms with Crippen molar-refractivity contribution >= 4 is 21.2 Å². The van der Waals surface area contributed by atoms with Crippen LogP contribution >= 0.6 is 0 Å². The lowest BCUT2D eigenvalue weighted by molar-refractivity contribution is 0.178. The molecule has 0 radical (unpaired) electrons. The fraction of sp³-hybridized carbons (Fsp3) is 0.714. The van der Waals surface area contributed by atoms with Crippen LogP contribution in [0.2, 0.25) is 12.1 Å². The monoisotopic (exact) mass is 218 g/mol. The topological polar surface area (TPSA) is 77.3 Å². The number of carbonyl (C=O) groups is 2. The predicted molar refractivity (Wildman–Crippen MR) is 51.9 cm³/mol. The van der Waals surface area contributed by atoms with E-state index in [1.807, 2.05) is 13.8 Å². The second-order valence-electron chi connectivity index (χ2n) is 2.49. The molecule has 0 atom stereocenters. The van der Waals surface area contributed by atoms with Crippen LogP contribution in [-0.2, 0) is 9.16 Å². The van der Waals surface area contributed by atoms with Crippen LogP contribution in [0.1, 0.15) is 13.8 Å². The van der Waals surface area contributed by atoms with Crippen LogP contribution in [-0.4, -0.2) is 28.3 Å². The Labute approximate surface area is 84.0 Å². The van der Waals surface area contributed by atoms with Gasteiger partial charge in [0.25, 0.3) is 0 Å². The number of azo groups is 1. The van der Waals surface area contributed by atoms with Gasteiger partial charge in [0.15, 0.2) is 0 Å². The van der Waals surface area contributed by atoms with Gasteiger partial charge in [0.1, 0.15) is 0 Å². The molecule has 0 aliphatic heterocycles. The van der Waals surface area contributed by atoms with Gasteiger partial charge in [-0.05, 0) is 12.1 Å². The molecule has 2 amide bonds. The van der Waals surface area contributed by atoms with Crippen molar-refractivity contribution in [2.75, 3.05) is 7.11 Å². The highest BCUT2D eigenvalue weighted by Crippen LogP contribution is 2.01. The van der Waals surface area contributed by atoms with Crippen molar-refractivity contribution in [3.05, 3.63) is 0 Å². The maximum Gasteiger partial charge on any atom is 0.452 e. The summed E-state index contributed by atoms with van der Waals surface area (Å²) < 4.78 is 9.14. The van der Waals surface area contributed by atoms with E-state index < -0.39 is 21.2 Å². The van der Waals surface area contributed by atoms with Gasteiger partial charge in [-0.3, -0.25) is 0 Å². The van der Waals surface area contributed by atoms with Gasteiger partial charge in [-0.1, -0.05) is 24.1 Å². The van der Waals surface area contributed by atoms with Crippen molar-refractivity contribution in [1.29, 1.82) is 0 Å². The second kappa shape index (κ2) is 7.19. The number of carbonyl (C=O) groups excluding carboxylic acids is 2. The van der Waals surface area contributed by atoms with E-state index in [0.717, 1.165) is 19.2 Å². The number of rotatable bonds is 3. The molecule has 0 aliphatic carbocycles. The third-order valence-electron chi connectivity index (χ3n) is 1.57. The van der Waals surface area contributed by atoms with Crippen molar-refractivity contribution in [2.24, 2.45) is 10.2 Å². The van der Waals surface area contributed by atoms with Crippen molar-refractivity contribution < 1.29 is 18.8 Å². The summed E-state index contributed by atoms with van der Waals surface area (Å²) in [4.78, 5) is 21.4. The van der Waals surface area contributed by atoms with Crippen molar-refractivity contribution in [3.8, 4) is 0 Å². The van der Waals surface area contributed by atoms with E-state index in [1.165, 1.54) is 0 Å². The summed E-state index contributed by atoms with van der Waals surface area (Å²) in [6.07, 6.45) is -1.72.